The first-order valence-corrected chi connectivity index (χ1v) is 8.87. The number of hydrogen-bond donors (Lipinski definition) is 3. The molecule has 0 radical (unpaired) electrons. The molecule has 0 aliphatic rings. The zero-order chi connectivity index (χ0) is 19.9. The molecule has 3 N–H and O–H groups in total. The average molecular weight is 378 g/mol. The van der Waals surface area contributed by atoms with Crippen molar-refractivity contribution in [1.29, 1.82) is 0 Å². The smallest absolute Gasteiger partial charge is 0.249 e. The van der Waals surface area contributed by atoms with Crippen LogP contribution in [-0.2, 0) is 4.79 Å². The lowest BCUT2D eigenvalue weighted by molar-refractivity contribution is -0.114. The number of nitrogens with zero attached hydrogens (tertiary/aromatic N) is 3. The molecule has 0 atom stereocenters. The summed E-state index contributed by atoms with van der Waals surface area (Å²) in [5.74, 6) is 1.48. The van der Waals surface area contributed by atoms with Gasteiger partial charge in [0.2, 0.25) is 11.9 Å². The van der Waals surface area contributed by atoms with Crippen LogP contribution in [0.15, 0.2) is 54.7 Å². The van der Waals surface area contributed by atoms with Crippen LogP contribution in [0.1, 0.15) is 20.8 Å². The number of ether oxygens (including phenoxy) is 1. The molecule has 0 saturated carbocycles. The Bertz CT molecular complexity index is 943. The Hall–Kier alpha value is -3.68. The average Bonchev–Trinajstić information content (AvgIpc) is 2.64. The van der Waals surface area contributed by atoms with Crippen molar-refractivity contribution in [1.82, 2.24) is 15.2 Å². The molecule has 0 fully saturated rings. The summed E-state index contributed by atoms with van der Waals surface area (Å²) in [4.78, 5) is 15.5. The topological polar surface area (TPSA) is 101 Å². The zero-order valence-corrected chi connectivity index (χ0v) is 15.9. The monoisotopic (exact) mass is 378 g/mol. The fourth-order valence-corrected chi connectivity index (χ4v) is 2.45. The molecule has 8 nitrogen and oxygen atoms in total. The maximum absolute atomic E-state index is 11.1. The highest BCUT2D eigenvalue weighted by Crippen LogP contribution is 2.27. The quantitative estimate of drug-likeness (QED) is 0.569. The van der Waals surface area contributed by atoms with E-state index >= 15 is 0 Å². The van der Waals surface area contributed by atoms with Gasteiger partial charge in [-0.1, -0.05) is 12.1 Å². The normalized spacial score (nSPS) is 10.4. The van der Waals surface area contributed by atoms with E-state index < -0.39 is 0 Å². The van der Waals surface area contributed by atoms with E-state index in [0.29, 0.717) is 17.5 Å². The Morgan fingerprint density at radius 2 is 1.71 bits per heavy atom. The minimum absolute atomic E-state index is 0.0513. The lowest BCUT2D eigenvalue weighted by Gasteiger charge is -2.14. The molecule has 0 aliphatic carbocycles. The second-order valence-electron chi connectivity index (χ2n) is 6.34. The number of nitrogens with one attached hydrogen (secondary N) is 3. The third-order valence-electron chi connectivity index (χ3n) is 3.53. The Labute approximate surface area is 163 Å². The number of amides is 1. The van der Waals surface area contributed by atoms with E-state index in [1.807, 2.05) is 50.2 Å². The SMILES string of the molecule is CC(=O)Nc1ccc(Nc2cnnc(Nc3ccccc3OC(C)C)n2)cc1. The fraction of sp³-hybridized carbons (Fsp3) is 0.200. The van der Waals surface area contributed by atoms with Crippen molar-refractivity contribution in [3.05, 3.63) is 54.7 Å². The van der Waals surface area contributed by atoms with E-state index in [0.717, 1.165) is 17.1 Å². The van der Waals surface area contributed by atoms with Gasteiger partial charge >= 0.3 is 0 Å². The van der Waals surface area contributed by atoms with Gasteiger partial charge in [-0.05, 0) is 50.2 Å². The van der Waals surface area contributed by atoms with Crippen LogP contribution in [0, 0.1) is 0 Å². The molecule has 1 heterocycles. The molecule has 144 valence electrons. The lowest BCUT2D eigenvalue weighted by Crippen LogP contribution is -2.08. The van der Waals surface area contributed by atoms with E-state index in [1.54, 1.807) is 12.1 Å². The molecule has 0 bridgehead atoms. The largest absolute Gasteiger partial charge is 0.489 e. The maximum atomic E-state index is 11.1. The molecule has 8 heteroatoms. The van der Waals surface area contributed by atoms with Gasteiger partial charge in [-0.3, -0.25) is 4.79 Å². The number of aromatic nitrogens is 3. The molecule has 2 aromatic carbocycles. The third-order valence-corrected chi connectivity index (χ3v) is 3.53. The highest BCUT2D eigenvalue weighted by molar-refractivity contribution is 5.88. The number of hydrogen-bond acceptors (Lipinski definition) is 7. The van der Waals surface area contributed by atoms with Gasteiger partial charge in [-0.25, -0.2) is 0 Å². The minimum Gasteiger partial charge on any atom is -0.489 e. The van der Waals surface area contributed by atoms with Gasteiger partial charge in [0.05, 0.1) is 18.0 Å². The molecular weight excluding hydrogens is 356 g/mol. The van der Waals surface area contributed by atoms with Crippen molar-refractivity contribution in [2.24, 2.45) is 0 Å². The maximum Gasteiger partial charge on any atom is 0.249 e. The zero-order valence-electron chi connectivity index (χ0n) is 15.9. The summed E-state index contributed by atoms with van der Waals surface area (Å²) >= 11 is 0. The summed E-state index contributed by atoms with van der Waals surface area (Å²) in [6.45, 7) is 5.41. The van der Waals surface area contributed by atoms with Crippen molar-refractivity contribution < 1.29 is 9.53 Å². The van der Waals surface area contributed by atoms with Gasteiger partial charge in [-0.2, -0.15) is 10.1 Å². The highest BCUT2D eigenvalue weighted by Gasteiger charge is 2.08. The Morgan fingerprint density at radius 3 is 2.43 bits per heavy atom. The van der Waals surface area contributed by atoms with Crippen LogP contribution in [0.25, 0.3) is 0 Å². The van der Waals surface area contributed by atoms with E-state index in [1.165, 1.54) is 13.1 Å². The van der Waals surface area contributed by atoms with Crippen molar-refractivity contribution in [2.45, 2.75) is 26.9 Å². The Morgan fingerprint density at radius 1 is 1.00 bits per heavy atom. The summed E-state index contributed by atoms with van der Waals surface area (Å²) in [6.07, 6.45) is 1.58. The van der Waals surface area contributed by atoms with Crippen LogP contribution in [0.4, 0.5) is 28.8 Å². The number of carbonyl (C=O) groups is 1. The molecule has 1 amide bonds. The first-order valence-electron chi connectivity index (χ1n) is 8.87. The summed E-state index contributed by atoms with van der Waals surface area (Å²) in [7, 11) is 0. The number of anilines is 5. The first-order chi connectivity index (χ1) is 13.5. The van der Waals surface area contributed by atoms with Crippen LogP contribution in [0.5, 0.6) is 5.75 Å². The molecular formula is C20H22N6O2. The van der Waals surface area contributed by atoms with Crippen LogP contribution in [0.3, 0.4) is 0 Å². The molecule has 28 heavy (non-hydrogen) atoms. The predicted molar refractivity (Wildman–Crippen MR) is 109 cm³/mol. The Balaban J connectivity index is 1.72. The van der Waals surface area contributed by atoms with Crippen molar-refractivity contribution in [3.8, 4) is 5.75 Å². The van der Waals surface area contributed by atoms with E-state index in [2.05, 4.69) is 31.1 Å². The van der Waals surface area contributed by atoms with Gasteiger partial charge < -0.3 is 20.7 Å². The molecule has 3 aromatic rings. The second-order valence-corrected chi connectivity index (χ2v) is 6.34. The van der Waals surface area contributed by atoms with Crippen LogP contribution < -0.4 is 20.7 Å². The number of para-hydroxylation sites is 2. The van der Waals surface area contributed by atoms with Gasteiger partial charge in [0.15, 0.2) is 5.82 Å². The number of rotatable bonds is 7. The predicted octanol–water partition coefficient (Wildman–Crippen LogP) is 4.10. The molecule has 1 aromatic heterocycles. The summed E-state index contributed by atoms with van der Waals surface area (Å²) in [5.41, 5.74) is 2.29. The molecule has 0 unspecified atom stereocenters. The van der Waals surface area contributed by atoms with Crippen molar-refractivity contribution >= 4 is 34.7 Å². The molecule has 0 spiro atoms. The minimum atomic E-state index is -0.113. The van der Waals surface area contributed by atoms with E-state index in [4.69, 9.17) is 4.74 Å². The summed E-state index contributed by atoms with van der Waals surface area (Å²) in [5, 5.41) is 17.0. The fourth-order valence-electron chi connectivity index (χ4n) is 2.45. The van der Waals surface area contributed by atoms with Crippen LogP contribution >= 0.6 is 0 Å². The van der Waals surface area contributed by atoms with Gasteiger partial charge in [0.25, 0.3) is 0 Å². The molecule has 0 aliphatic heterocycles. The van der Waals surface area contributed by atoms with Crippen LogP contribution in [0.2, 0.25) is 0 Å². The van der Waals surface area contributed by atoms with E-state index in [9.17, 15) is 4.79 Å². The lowest BCUT2D eigenvalue weighted by atomic mass is 10.3. The number of benzene rings is 2. The molecule has 0 saturated heterocycles. The standard InChI is InChI=1S/C20H22N6O2/c1-13(2)28-18-7-5-4-6-17(18)24-20-25-19(12-21-26-20)23-16-10-8-15(9-11-16)22-14(3)27/h4-13H,1-3H3,(H,22,27)(H2,23,24,25,26). The second kappa shape index (κ2) is 8.81. The third kappa shape index (κ3) is 5.41. The highest BCUT2D eigenvalue weighted by atomic mass is 16.5. The van der Waals surface area contributed by atoms with Gasteiger partial charge in [-0.15, -0.1) is 5.10 Å². The van der Waals surface area contributed by atoms with Crippen molar-refractivity contribution in [2.75, 3.05) is 16.0 Å². The van der Waals surface area contributed by atoms with E-state index in [-0.39, 0.29) is 12.0 Å². The Kier molecular flexibility index (Phi) is 6.01. The van der Waals surface area contributed by atoms with Gasteiger partial charge in [0, 0.05) is 18.3 Å². The van der Waals surface area contributed by atoms with Crippen molar-refractivity contribution in [3.63, 3.8) is 0 Å². The summed E-state index contributed by atoms with van der Waals surface area (Å²) < 4.78 is 5.80. The van der Waals surface area contributed by atoms with Crippen LogP contribution in [-0.4, -0.2) is 27.2 Å². The van der Waals surface area contributed by atoms with Gasteiger partial charge in [0.1, 0.15) is 5.75 Å². The summed E-state index contributed by atoms with van der Waals surface area (Å²) in [6, 6.07) is 14.9. The number of carbonyl (C=O) groups excluding carboxylic acids is 1. The first kappa shape index (κ1) is 19.1. The molecule has 3 rings (SSSR count).